The van der Waals surface area contributed by atoms with Crippen molar-refractivity contribution in [1.82, 2.24) is 4.98 Å². The van der Waals surface area contributed by atoms with E-state index in [0.717, 1.165) is 21.5 Å². The van der Waals surface area contributed by atoms with Gasteiger partial charge in [-0.15, -0.1) is 0 Å². The van der Waals surface area contributed by atoms with Crippen LogP contribution < -0.4 is 15.4 Å². The summed E-state index contributed by atoms with van der Waals surface area (Å²) in [5.74, 6) is 0.384. The molecule has 0 atom stereocenters. The molecule has 2 aromatic carbocycles. The first kappa shape index (κ1) is 21.6. The number of thioether (sulfide) groups is 1. The lowest BCUT2D eigenvalue weighted by molar-refractivity contribution is -0.114. The second-order valence-electron chi connectivity index (χ2n) is 7.19. The van der Waals surface area contributed by atoms with Crippen LogP contribution in [0.5, 0.6) is 5.75 Å². The molecule has 0 spiro atoms. The van der Waals surface area contributed by atoms with Crippen molar-refractivity contribution in [2.45, 2.75) is 32.7 Å². The molecular weight excluding hydrogens is 398 g/mol. The molecule has 0 saturated carbocycles. The van der Waals surface area contributed by atoms with Gasteiger partial charge in [-0.2, -0.15) is 0 Å². The highest BCUT2D eigenvalue weighted by Gasteiger charge is 2.11. The minimum Gasteiger partial charge on any atom is -0.494 e. The molecule has 0 aliphatic heterocycles. The van der Waals surface area contributed by atoms with E-state index < -0.39 is 0 Å². The number of nitrogens with zero attached hydrogens (tertiary/aromatic N) is 1. The van der Waals surface area contributed by atoms with Crippen LogP contribution in [0.15, 0.2) is 41.4 Å². The Balaban J connectivity index is 1.70. The van der Waals surface area contributed by atoms with Crippen LogP contribution in [-0.2, 0) is 9.59 Å². The van der Waals surface area contributed by atoms with Crippen molar-refractivity contribution in [1.29, 1.82) is 0 Å². The highest BCUT2D eigenvalue weighted by atomic mass is 32.2. The Morgan fingerprint density at radius 1 is 1.03 bits per heavy atom. The van der Waals surface area contributed by atoms with Crippen molar-refractivity contribution in [2.24, 2.45) is 0 Å². The van der Waals surface area contributed by atoms with Crippen LogP contribution in [0.1, 0.15) is 23.6 Å². The molecule has 1 heterocycles. The van der Waals surface area contributed by atoms with Crippen LogP contribution in [0.4, 0.5) is 11.4 Å². The maximum Gasteiger partial charge on any atom is 0.234 e. The molecule has 3 aromatic rings. The minimum atomic E-state index is -0.190. The summed E-state index contributed by atoms with van der Waals surface area (Å²) in [6, 6.07) is 11.4. The quantitative estimate of drug-likeness (QED) is 0.554. The number of fused-ring (bicyclic) bond motifs is 1. The molecular formula is C23H25N3O3S. The van der Waals surface area contributed by atoms with Crippen LogP contribution >= 0.6 is 11.8 Å². The first-order valence-corrected chi connectivity index (χ1v) is 10.5. The van der Waals surface area contributed by atoms with Gasteiger partial charge in [0, 0.05) is 24.1 Å². The second kappa shape index (κ2) is 9.17. The maximum atomic E-state index is 12.5. The third-order valence-electron chi connectivity index (χ3n) is 4.57. The van der Waals surface area contributed by atoms with Gasteiger partial charge >= 0.3 is 0 Å². The molecule has 0 aliphatic carbocycles. The smallest absolute Gasteiger partial charge is 0.234 e. The van der Waals surface area contributed by atoms with Gasteiger partial charge in [-0.3, -0.25) is 9.59 Å². The molecule has 2 N–H and O–H groups in total. The molecule has 0 unspecified atom stereocenters. The fourth-order valence-electron chi connectivity index (χ4n) is 3.25. The number of amides is 2. The summed E-state index contributed by atoms with van der Waals surface area (Å²) in [6.45, 7) is 7.58. The average molecular weight is 424 g/mol. The van der Waals surface area contributed by atoms with E-state index in [1.165, 1.54) is 36.9 Å². The van der Waals surface area contributed by atoms with Gasteiger partial charge in [0.15, 0.2) is 0 Å². The fraction of sp³-hybridized carbons (Fsp3) is 0.261. The third kappa shape index (κ3) is 5.10. The van der Waals surface area contributed by atoms with Crippen LogP contribution in [0.3, 0.4) is 0 Å². The van der Waals surface area contributed by atoms with E-state index in [9.17, 15) is 9.59 Å². The maximum absolute atomic E-state index is 12.5. The number of anilines is 2. The molecule has 0 saturated heterocycles. The van der Waals surface area contributed by atoms with E-state index in [0.29, 0.717) is 17.1 Å². The van der Waals surface area contributed by atoms with E-state index >= 15 is 0 Å². The van der Waals surface area contributed by atoms with E-state index in [-0.39, 0.29) is 17.6 Å². The summed E-state index contributed by atoms with van der Waals surface area (Å²) in [7, 11) is 1.51. The van der Waals surface area contributed by atoms with Gasteiger partial charge in [-0.1, -0.05) is 17.8 Å². The first-order chi connectivity index (χ1) is 14.3. The Labute approximate surface area is 180 Å². The number of nitrogens with one attached hydrogen (secondary N) is 2. The lowest BCUT2D eigenvalue weighted by Gasteiger charge is -2.12. The van der Waals surface area contributed by atoms with E-state index in [1.807, 2.05) is 6.92 Å². The number of benzene rings is 2. The number of pyridine rings is 1. The Morgan fingerprint density at radius 3 is 2.50 bits per heavy atom. The molecule has 30 heavy (non-hydrogen) atoms. The Morgan fingerprint density at radius 2 is 1.80 bits per heavy atom. The Hall–Kier alpha value is -3.06. The first-order valence-electron chi connectivity index (χ1n) is 9.53. The number of carbonyl (C=O) groups excluding carboxylic acids is 2. The topological polar surface area (TPSA) is 80.3 Å². The Kier molecular flexibility index (Phi) is 6.62. The van der Waals surface area contributed by atoms with Gasteiger partial charge in [-0.25, -0.2) is 4.98 Å². The van der Waals surface area contributed by atoms with Crippen molar-refractivity contribution in [3.05, 3.63) is 53.1 Å². The SMILES string of the molecule is COc1cc(NC(=O)CSc2nc3cc(C)cc(C)c3cc2C)ccc1NC(C)=O. The standard InChI is InChI=1S/C23H25N3O3S/c1-13-8-14(2)18-10-15(3)23(26-20(18)9-13)30-12-22(28)25-17-6-7-19(24-16(4)27)21(11-17)29-5/h6-11H,12H2,1-5H3,(H,24,27)(H,25,28). The summed E-state index contributed by atoms with van der Waals surface area (Å²) in [6.07, 6.45) is 0. The van der Waals surface area contributed by atoms with Crippen molar-refractivity contribution < 1.29 is 14.3 Å². The lowest BCUT2D eigenvalue weighted by atomic mass is 10.1. The number of hydrogen-bond acceptors (Lipinski definition) is 5. The highest BCUT2D eigenvalue weighted by molar-refractivity contribution is 8.00. The van der Waals surface area contributed by atoms with Crippen LogP contribution in [0.25, 0.3) is 10.9 Å². The van der Waals surface area contributed by atoms with Gasteiger partial charge < -0.3 is 15.4 Å². The fourth-order valence-corrected chi connectivity index (χ4v) is 4.04. The number of rotatable bonds is 6. The van der Waals surface area contributed by atoms with Gasteiger partial charge in [0.1, 0.15) is 10.8 Å². The predicted octanol–water partition coefficient (Wildman–Crippen LogP) is 4.86. The van der Waals surface area contributed by atoms with Crippen LogP contribution in [-0.4, -0.2) is 29.7 Å². The van der Waals surface area contributed by atoms with Crippen molar-refractivity contribution in [3.8, 4) is 5.75 Å². The summed E-state index contributed by atoms with van der Waals surface area (Å²) in [4.78, 5) is 28.5. The Bertz CT molecular complexity index is 1130. The van der Waals surface area contributed by atoms with Crippen LogP contribution in [0, 0.1) is 20.8 Å². The summed E-state index contributed by atoms with van der Waals surface area (Å²) >= 11 is 1.41. The number of hydrogen-bond donors (Lipinski definition) is 2. The molecule has 2 amide bonds. The molecule has 3 rings (SSSR count). The van der Waals surface area contributed by atoms with Gasteiger partial charge in [0.25, 0.3) is 0 Å². The zero-order valence-corrected chi connectivity index (χ0v) is 18.6. The van der Waals surface area contributed by atoms with Crippen molar-refractivity contribution in [3.63, 3.8) is 0 Å². The number of aromatic nitrogens is 1. The lowest BCUT2D eigenvalue weighted by Crippen LogP contribution is -2.14. The average Bonchev–Trinajstić information content (AvgIpc) is 2.67. The van der Waals surface area contributed by atoms with E-state index in [1.54, 1.807) is 18.2 Å². The molecule has 0 fully saturated rings. The van der Waals surface area contributed by atoms with E-state index in [4.69, 9.17) is 9.72 Å². The minimum absolute atomic E-state index is 0.143. The molecule has 0 bridgehead atoms. The number of ether oxygens (including phenoxy) is 1. The molecule has 6 nitrogen and oxygen atoms in total. The highest BCUT2D eigenvalue weighted by Crippen LogP contribution is 2.29. The monoisotopic (exact) mass is 423 g/mol. The normalized spacial score (nSPS) is 10.7. The van der Waals surface area contributed by atoms with Gasteiger partial charge in [0.2, 0.25) is 11.8 Å². The summed E-state index contributed by atoms with van der Waals surface area (Å²) in [5, 5.41) is 7.54. The summed E-state index contributed by atoms with van der Waals surface area (Å²) < 4.78 is 5.29. The van der Waals surface area contributed by atoms with E-state index in [2.05, 4.69) is 42.7 Å². The predicted molar refractivity (Wildman–Crippen MR) is 123 cm³/mol. The molecule has 1 aromatic heterocycles. The van der Waals surface area contributed by atoms with Crippen LogP contribution in [0.2, 0.25) is 0 Å². The molecule has 0 radical (unpaired) electrons. The zero-order chi connectivity index (χ0) is 21.8. The van der Waals surface area contributed by atoms with Gasteiger partial charge in [-0.05, 0) is 61.7 Å². The number of carbonyl (C=O) groups is 2. The largest absolute Gasteiger partial charge is 0.494 e. The zero-order valence-electron chi connectivity index (χ0n) is 17.8. The second-order valence-corrected chi connectivity index (χ2v) is 8.16. The number of methoxy groups -OCH3 is 1. The molecule has 7 heteroatoms. The third-order valence-corrected chi connectivity index (χ3v) is 5.66. The number of aryl methyl sites for hydroxylation is 3. The molecule has 156 valence electrons. The molecule has 0 aliphatic rings. The van der Waals surface area contributed by atoms with Crippen molar-refractivity contribution in [2.75, 3.05) is 23.5 Å². The van der Waals surface area contributed by atoms with Gasteiger partial charge in [0.05, 0.1) is 24.1 Å². The van der Waals surface area contributed by atoms with Crippen molar-refractivity contribution >= 4 is 45.9 Å². The summed E-state index contributed by atoms with van der Waals surface area (Å²) in [5.41, 5.74) is 5.51.